The average Bonchev–Trinajstić information content (AvgIpc) is 2.15. The van der Waals surface area contributed by atoms with Gasteiger partial charge in [-0.2, -0.15) is 0 Å². The Morgan fingerprint density at radius 3 is 2.53 bits per heavy atom. The molecule has 15 heavy (non-hydrogen) atoms. The smallest absolute Gasteiger partial charge is 0.265 e. The van der Waals surface area contributed by atoms with E-state index in [0.717, 1.165) is 0 Å². The van der Waals surface area contributed by atoms with Crippen LogP contribution >= 0.6 is 0 Å². The predicted octanol–water partition coefficient (Wildman–Crippen LogP) is 1.24. The topological polar surface area (TPSA) is 32.3 Å². The van der Waals surface area contributed by atoms with Crippen LogP contribution in [-0.4, -0.2) is 42.4 Å². The molecule has 88 valence electrons. The number of amides is 1. The Hall–Kier alpha value is -0.710. The van der Waals surface area contributed by atoms with E-state index in [1.165, 1.54) is 4.90 Å². The van der Waals surface area contributed by atoms with Crippen LogP contribution < -0.4 is 5.32 Å². The second kappa shape index (κ2) is 4.04. The highest BCUT2D eigenvalue weighted by Crippen LogP contribution is 2.27. The molecule has 0 bridgehead atoms. The largest absolute Gasteiger partial charge is 0.335 e. The summed E-state index contributed by atoms with van der Waals surface area (Å²) < 4.78 is 26.2. The maximum atomic E-state index is 13.1. The van der Waals surface area contributed by atoms with Gasteiger partial charge >= 0.3 is 0 Å². The Labute approximate surface area is 88.8 Å². The zero-order valence-corrected chi connectivity index (χ0v) is 9.44. The Morgan fingerprint density at radius 2 is 2.07 bits per heavy atom. The Morgan fingerprint density at radius 1 is 1.47 bits per heavy atom. The van der Waals surface area contributed by atoms with E-state index in [4.69, 9.17) is 0 Å². The zero-order valence-electron chi connectivity index (χ0n) is 9.44. The molecule has 5 heteroatoms. The van der Waals surface area contributed by atoms with E-state index in [1.807, 2.05) is 0 Å². The third-order valence-electron chi connectivity index (χ3n) is 2.84. The van der Waals surface area contributed by atoms with Gasteiger partial charge < -0.3 is 10.2 Å². The summed E-state index contributed by atoms with van der Waals surface area (Å²) in [6.07, 6.45) is 0.259. The molecule has 0 unspecified atom stereocenters. The number of alkyl halides is 2. The summed E-state index contributed by atoms with van der Waals surface area (Å²) >= 11 is 0. The van der Waals surface area contributed by atoms with Crippen molar-refractivity contribution in [1.29, 1.82) is 0 Å². The maximum absolute atomic E-state index is 13.1. The van der Waals surface area contributed by atoms with Gasteiger partial charge in [-0.3, -0.25) is 4.79 Å². The fraction of sp³-hybridized carbons (Fsp3) is 0.900. The summed E-state index contributed by atoms with van der Waals surface area (Å²) in [6, 6.07) is 0. The number of likely N-dealkylation sites (N-methyl/N-ethyl adjacent to an activating group) is 1. The van der Waals surface area contributed by atoms with Crippen LogP contribution in [0, 0.1) is 0 Å². The Balaban J connectivity index is 2.68. The van der Waals surface area contributed by atoms with Crippen molar-refractivity contribution in [2.45, 2.75) is 38.2 Å². The van der Waals surface area contributed by atoms with Gasteiger partial charge in [0.1, 0.15) is 0 Å². The van der Waals surface area contributed by atoms with E-state index in [0.29, 0.717) is 13.0 Å². The van der Waals surface area contributed by atoms with Gasteiger partial charge in [-0.15, -0.1) is 0 Å². The molecule has 3 nitrogen and oxygen atoms in total. The van der Waals surface area contributed by atoms with Gasteiger partial charge in [0.15, 0.2) is 0 Å². The van der Waals surface area contributed by atoms with Crippen molar-refractivity contribution in [2.75, 3.05) is 20.1 Å². The second-order valence-electron chi connectivity index (χ2n) is 4.56. The fourth-order valence-electron chi connectivity index (χ4n) is 1.64. The van der Waals surface area contributed by atoms with Crippen LogP contribution in [0.25, 0.3) is 0 Å². The summed E-state index contributed by atoms with van der Waals surface area (Å²) in [5, 5.41) is 2.83. The van der Waals surface area contributed by atoms with Crippen molar-refractivity contribution in [2.24, 2.45) is 0 Å². The molecule has 1 amide bonds. The molecule has 1 heterocycles. The van der Waals surface area contributed by atoms with E-state index in [2.05, 4.69) is 5.32 Å². The van der Waals surface area contributed by atoms with E-state index in [1.54, 1.807) is 20.9 Å². The number of halogens is 2. The molecule has 0 radical (unpaired) electrons. The summed E-state index contributed by atoms with van der Waals surface area (Å²) in [4.78, 5) is 13.1. The molecule has 1 N–H and O–H groups in total. The molecule has 0 aromatic carbocycles. The number of nitrogens with one attached hydrogen (secondary N) is 1. The molecule has 1 rings (SSSR count). The lowest BCUT2D eigenvalue weighted by Crippen LogP contribution is -2.56. The van der Waals surface area contributed by atoms with E-state index >= 15 is 0 Å². The molecule has 1 aliphatic rings. The molecule has 1 aliphatic heterocycles. The third-order valence-corrected chi connectivity index (χ3v) is 2.84. The van der Waals surface area contributed by atoms with Crippen molar-refractivity contribution in [1.82, 2.24) is 10.2 Å². The minimum Gasteiger partial charge on any atom is -0.335 e. The number of hydrogen-bond donors (Lipinski definition) is 1. The number of rotatable bonds is 2. The Kier molecular flexibility index (Phi) is 3.33. The van der Waals surface area contributed by atoms with Crippen LogP contribution in [0.3, 0.4) is 0 Å². The quantitative estimate of drug-likeness (QED) is 0.759. The van der Waals surface area contributed by atoms with Crippen LogP contribution in [0.4, 0.5) is 8.78 Å². The van der Waals surface area contributed by atoms with Gasteiger partial charge in [-0.05, 0) is 27.3 Å². The first kappa shape index (κ1) is 12.4. The van der Waals surface area contributed by atoms with E-state index in [-0.39, 0.29) is 12.3 Å². The molecule has 1 fully saturated rings. The molecule has 0 atom stereocenters. The molecule has 0 spiro atoms. The van der Waals surface area contributed by atoms with Crippen molar-refractivity contribution in [3.8, 4) is 0 Å². The van der Waals surface area contributed by atoms with Gasteiger partial charge in [0.25, 0.3) is 5.92 Å². The van der Waals surface area contributed by atoms with Crippen LogP contribution in [0.2, 0.25) is 0 Å². The van der Waals surface area contributed by atoms with Gasteiger partial charge in [0, 0.05) is 13.0 Å². The van der Waals surface area contributed by atoms with Crippen molar-refractivity contribution in [3.63, 3.8) is 0 Å². The van der Waals surface area contributed by atoms with Crippen LogP contribution in [-0.2, 0) is 4.79 Å². The highest BCUT2D eigenvalue weighted by molar-refractivity contribution is 5.85. The number of likely N-dealkylation sites (tertiary alicyclic amines) is 1. The first-order chi connectivity index (χ1) is 6.78. The first-order valence-corrected chi connectivity index (χ1v) is 5.15. The van der Waals surface area contributed by atoms with Crippen molar-refractivity contribution >= 4 is 5.91 Å². The lowest BCUT2D eigenvalue weighted by molar-refractivity contribution is -0.147. The summed E-state index contributed by atoms with van der Waals surface area (Å²) in [6.45, 7) is 3.38. The molecule has 1 saturated heterocycles. The highest BCUT2D eigenvalue weighted by Gasteiger charge is 2.40. The maximum Gasteiger partial charge on any atom is 0.265 e. The number of carbonyl (C=O) groups excluding carboxylic acids is 1. The van der Waals surface area contributed by atoms with Crippen LogP contribution in [0.5, 0.6) is 0 Å². The molecule has 0 saturated carbocycles. The normalized spacial score (nSPS) is 21.5. The highest BCUT2D eigenvalue weighted by atomic mass is 19.3. The van der Waals surface area contributed by atoms with Crippen LogP contribution in [0.1, 0.15) is 26.7 Å². The monoisotopic (exact) mass is 220 g/mol. The number of piperidine rings is 1. The zero-order chi connectivity index (χ0) is 11.7. The number of nitrogens with zero attached hydrogens (tertiary/aromatic N) is 1. The molecular formula is C10H18F2N2O. The average molecular weight is 220 g/mol. The van der Waals surface area contributed by atoms with Crippen molar-refractivity contribution < 1.29 is 13.6 Å². The first-order valence-electron chi connectivity index (χ1n) is 5.15. The Bertz CT molecular complexity index is 254. The fourth-order valence-corrected chi connectivity index (χ4v) is 1.64. The summed E-state index contributed by atoms with van der Waals surface area (Å²) in [7, 11) is 1.65. The van der Waals surface area contributed by atoms with Crippen molar-refractivity contribution in [3.05, 3.63) is 0 Å². The lowest BCUT2D eigenvalue weighted by Gasteiger charge is -2.37. The van der Waals surface area contributed by atoms with E-state index in [9.17, 15) is 13.6 Å². The lowest BCUT2D eigenvalue weighted by atomic mass is 10.0. The molecule has 0 aromatic rings. The number of hydrogen-bond acceptors (Lipinski definition) is 2. The van der Waals surface area contributed by atoms with Crippen LogP contribution in [0.15, 0.2) is 0 Å². The minimum atomic E-state index is -2.72. The summed E-state index contributed by atoms with van der Waals surface area (Å²) in [5.74, 6) is -2.98. The van der Waals surface area contributed by atoms with Gasteiger partial charge in [-0.25, -0.2) is 8.78 Å². The molecular weight excluding hydrogens is 202 g/mol. The second-order valence-corrected chi connectivity index (χ2v) is 4.56. The molecule has 0 aromatic heterocycles. The minimum absolute atomic E-state index is 0.114. The van der Waals surface area contributed by atoms with Gasteiger partial charge in [0.05, 0.1) is 12.1 Å². The third kappa shape index (κ3) is 2.87. The van der Waals surface area contributed by atoms with Gasteiger partial charge in [-0.1, -0.05) is 0 Å². The molecule has 0 aliphatic carbocycles. The van der Waals surface area contributed by atoms with E-state index < -0.39 is 18.0 Å². The number of carbonyl (C=O) groups is 1. The summed E-state index contributed by atoms with van der Waals surface area (Å²) in [5.41, 5.74) is -0.770. The standard InChI is InChI=1S/C10H18F2N2O/c1-9(2,13-3)8(15)14-6-4-5-10(11,12)7-14/h13H,4-7H2,1-3H3. The SMILES string of the molecule is CNC(C)(C)C(=O)N1CCCC(F)(F)C1. The predicted molar refractivity (Wildman–Crippen MR) is 53.9 cm³/mol. The van der Waals surface area contributed by atoms with Gasteiger partial charge in [0.2, 0.25) is 5.91 Å².